The van der Waals surface area contributed by atoms with Gasteiger partial charge in [-0.05, 0) is 81.4 Å². The van der Waals surface area contributed by atoms with Crippen LogP contribution in [0.15, 0.2) is 54.7 Å². The van der Waals surface area contributed by atoms with Gasteiger partial charge in [0.05, 0.1) is 0 Å². The maximum Gasteiger partial charge on any atom is 0.134 e. The van der Waals surface area contributed by atoms with Gasteiger partial charge in [-0.25, -0.2) is 0 Å². The van der Waals surface area contributed by atoms with E-state index in [1.165, 1.54) is 59.7 Å². The van der Waals surface area contributed by atoms with E-state index in [1.54, 1.807) is 0 Å². The Morgan fingerprint density at radius 2 is 1.72 bits per heavy atom. The molecule has 2 N–H and O–H groups in total. The highest BCUT2D eigenvalue weighted by Crippen LogP contribution is 2.40. The van der Waals surface area contributed by atoms with E-state index in [9.17, 15) is 4.79 Å². The standard InChI is InChI=1S/C33H44N2O/c1-23-9-8-12-27(19-23)31(21-29(36)20-25-15-17-28(34)18-16-25)32-22-35(33-14-7-6-13-30(32)33)24(2)26-10-4-3-5-11-26/h6-9,12-14,19,22,24-26,28,31H,3-5,10-11,15-18,20-21,34H2,1-2H3. The van der Waals surface area contributed by atoms with Crippen LogP contribution in [0.1, 0.15) is 106 Å². The number of nitrogens with zero attached hydrogens (tertiary/aromatic N) is 1. The Bertz CT molecular complexity index is 1160. The minimum Gasteiger partial charge on any atom is -0.344 e. The van der Waals surface area contributed by atoms with Gasteiger partial charge < -0.3 is 10.3 Å². The lowest BCUT2D eigenvalue weighted by Crippen LogP contribution is -2.27. The first-order chi connectivity index (χ1) is 17.5. The first kappa shape index (κ1) is 25.3. The number of carbonyl (C=O) groups excluding carboxylic acids is 1. The number of fused-ring (bicyclic) bond motifs is 1. The molecule has 2 saturated carbocycles. The van der Waals surface area contributed by atoms with Crippen molar-refractivity contribution >= 4 is 16.7 Å². The second kappa shape index (κ2) is 11.3. The van der Waals surface area contributed by atoms with Gasteiger partial charge in [0.1, 0.15) is 5.78 Å². The number of para-hydroxylation sites is 1. The van der Waals surface area contributed by atoms with Crippen molar-refractivity contribution in [3.05, 3.63) is 71.4 Å². The molecule has 2 aromatic carbocycles. The molecule has 3 nitrogen and oxygen atoms in total. The van der Waals surface area contributed by atoms with Gasteiger partial charge in [-0.3, -0.25) is 4.79 Å². The van der Waals surface area contributed by atoms with Gasteiger partial charge in [0, 0.05) is 47.9 Å². The van der Waals surface area contributed by atoms with E-state index in [-0.39, 0.29) is 5.92 Å². The molecule has 192 valence electrons. The summed E-state index contributed by atoms with van der Waals surface area (Å²) in [5.41, 5.74) is 11.3. The maximum absolute atomic E-state index is 13.5. The quantitative estimate of drug-likeness (QED) is 0.351. The largest absolute Gasteiger partial charge is 0.344 e. The Morgan fingerprint density at radius 3 is 2.47 bits per heavy atom. The lowest BCUT2D eigenvalue weighted by Gasteiger charge is -2.29. The van der Waals surface area contributed by atoms with Crippen LogP contribution in [-0.2, 0) is 4.79 Å². The summed E-state index contributed by atoms with van der Waals surface area (Å²) < 4.78 is 2.54. The third-order valence-electron chi connectivity index (χ3n) is 9.20. The van der Waals surface area contributed by atoms with E-state index in [1.807, 2.05) is 0 Å². The van der Waals surface area contributed by atoms with Gasteiger partial charge in [-0.1, -0.05) is 67.3 Å². The summed E-state index contributed by atoms with van der Waals surface area (Å²) in [7, 11) is 0. The molecule has 0 aliphatic heterocycles. The van der Waals surface area contributed by atoms with Crippen molar-refractivity contribution in [1.29, 1.82) is 0 Å². The Kier molecular flexibility index (Phi) is 7.96. The van der Waals surface area contributed by atoms with Crippen molar-refractivity contribution in [2.24, 2.45) is 17.6 Å². The van der Waals surface area contributed by atoms with Crippen molar-refractivity contribution in [2.75, 3.05) is 0 Å². The number of aromatic nitrogens is 1. The lowest BCUT2D eigenvalue weighted by molar-refractivity contribution is -0.120. The van der Waals surface area contributed by atoms with Crippen LogP contribution in [0.25, 0.3) is 10.9 Å². The van der Waals surface area contributed by atoms with Crippen LogP contribution in [0.2, 0.25) is 0 Å². The van der Waals surface area contributed by atoms with Crippen LogP contribution >= 0.6 is 0 Å². The zero-order valence-corrected chi connectivity index (χ0v) is 22.3. The number of Topliss-reactive ketones (excluding diaryl/α,β-unsaturated/α-hetero) is 1. The highest BCUT2D eigenvalue weighted by atomic mass is 16.1. The lowest BCUT2D eigenvalue weighted by atomic mass is 9.80. The van der Waals surface area contributed by atoms with Gasteiger partial charge in [0.2, 0.25) is 0 Å². The molecule has 0 amide bonds. The molecule has 1 heterocycles. The summed E-state index contributed by atoms with van der Waals surface area (Å²) in [5.74, 6) is 1.73. The monoisotopic (exact) mass is 484 g/mol. The van der Waals surface area contributed by atoms with Gasteiger partial charge >= 0.3 is 0 Å². The summed E-state index contributed by atoms with van der Waals surface area (Å²) in [6.07, 6.45) is 14.8. The molecular formula is C33H44N2O. The number of carbonyl (C=O) groups is 1. The van der Waals surface area contributed by atoms with Crippen LogP contribution in [0.5, 0.6) is 0 Å². The fourth-order valence-electron chi connectivity index (χ4n) is 7.01. The average Bonchev–Trinajstić information content (AvgIpc) is 3.28. The molecule has 36 heavy (non-hydrogen) atoms. The smallest absolute Gasteiger partial charge is 0.134 e. The molecular weight excluding hydrogens is 440 g/mol. The van der Waals surface area contributed by atoms with E-state index in [4.69, 9.17) is 5.73 Å². The molecule has 2 unspecified atom stereocenters. The first-order valence-electron chi connectivity index (χ1n) is 14.4. The van der Waals surface area contributed by atoms with Crippen LogP contribution < -0.4 is 5.73 Å². The molecule has 2 aliphatic carbocycles. The van der Waals surface area contributed by atoms with Crippen molar-refractivity contribution in [3.63, 3.8) is 0 Å². The second-order valence-corrected chi connectivity index (χ2v) is 11.8. The Hall–Kier alpha value is -2.39. The molecule has 0 saturated heterocycles. The van der Waals surface area contributed by atoms with E-state index in [0.29, 0.717) is 36.6 Å². The predicted molar refractivity (Wildman–Crippen MR) is 150 cm³/mol. The van der Waals surface area contributed by atoms with Crippen molar-refractivity contribution < 1.29 is 4.79 Å². The third kappa shape index (κ3) is 5.62. The normalized spacial score (nSPS) is 23.0. The molecule has 0 radical (unpaired) electrons. The molecule has 3 aromatic rings. The average molecular weight is 485 g/mol. The zero-order valence-electron chi connectivity index (χ0n) is 22.3. The topological polar surface area (TPSA) is 48.0 Å². The van der Waals surface area contributed by atoms with Crippen molar-refractivity contribution in [1.82, 2.24) is 4.57 Å². The van der Waals surface area contributed by atoms with E-state index in [2.05, 4.69) is 73.1 Å². The minimum absolute atomic E-state index is 0.0907. The number of hydrogen-bond acceptors (Lipinski definition) is 2. The molecule has 5 rings (SSSR count). The molecule has 3 heteroatoms. The molecule has 1 aromatic heterocycles. The van der Waals surface area contributed by atoms with E-state index < -0.39 is 0 Å². The van der Waals surface area contributed by atoms with Gasteiger partial charge in [-0.2, -0.15) is 0 Å². The Morgan fingerprint density at radius 1 is 0.972 bits per heavy atom. The van der Waals surface area contributed by atoms with Gasteiger partial charge in [0.25, 0.3) is 0 Å². The van der Waals surface area contributed by atoms with Crippen molar-refractivity contribution in [2.45, 2.75) is 102 Å². The number of hydrogen-bond donors (Lipinski definition) is 1. The van der Waals surface area contributed by atoms with E-state index in [0.717, 1.165) is 31.6 Å². The van der Waals surface area contributed by atoms with Crippen LogP contribution in [0.4, 0.5) is 0 Å². The SMILES string of the molecule is Cc1cccc(C(CC(=O)CC2CCC(N)CC2)c2cn(C(C)C3CCCCC3)c3ccccc23)c1. The molecule has 0 bridgehead atoms. The predicted octanol–water partition coefficient (Wildman–Crippen LogP) is 8.09. The molecule has 0 spiro atoms. The van der Waals surface area contributed by atoms with Gasteiger partial charge in [0.15, 0.2) is 0 Å². The molecule has 2 atom stereocenters. The fraction of sp³-hybridized carbons (Fsp3) is 0.545. The number of rotatable bonds is 8. The number of benzene rings is 2. The third-order valence-corrected chi connectivity index (χ3v) is 9.20. The summed E-state index contributed by atoms with van der Waals surface area (Å²) in [6, 6.07) is 18.5. The fourth-order valence-corrected chi connectivity index (χ4v) is 7.01. The molecule has 2 aliphatic rings. The number of ketones is 1. The van der Waals surface area contributed by atoms with Crippen LogP contribution in [0, 0.1) is 18.8 Å². The minimum atomic E-state index is 0.0907. The van der Waals surface area contributed by atoms with Gasteiger partial charge in [-0.15, -0.1) is 0 Å². The Labute approximate surface area is 217 Å². The first-order valence-corrected chi connectivity index (χ1v) is 14.4. The summed E-state index contributed by atoms with van der Waals surface area (Å²) in [6.45, 7) is 4.56. The van der Waals surface area contributed by atoms with Crippen molar-refractivity contribution in [3.8, 4) is 0 Å². The Balaban J connectivity index is 1.48. The van der Waals surface area contributed by atoms with Crippen LogP contribution in [-0.4, -0.2) is 16.4 Å². The number of nitrogens with two attached hydrogens (primary N) is 1. The summed E-state index contributed by atoms with van der Waals surface area (Å²) in [5, 5.41) is 1.31. The van der Waals surface area contributed by atoms with E-state index >= 15 is 0 Å². The zero-order chi connectivity index (χ0) is 25.1. The maximum atomic E-state index is 13.5. The molecule has 2 fully saturated rings. The number of aryl methyl sites for hydroxylation is 1. The highest BCUT2D eigenvalue weighted by Gasteiger charge is 2.28. The summed E-state index contributed by atoms with van der Waals surface area (Å²) >= 11 is 0. The van der Waals surface area contributed by atoms with Crippen LogP contribution in [0.3, 0.4) is 0 Å². The summed E-state index contributed by atoms with van der Waals surface area (Å²) in [4.78, 5) is 13.5. The highest BCUT2D eigenvalue weighted by molar-refractivity contribution is 5.87. The second-order valence-electron chi connectivity index (χ2n) is 11.8.